The van der Waals surface area contributed by atoms with Crippen LogP contribution in [-0.4, -0.2) is 73.7 Å². The van der Waals surface area contributed by atoms with Crippen LogP contribution in [0.25, 0.3) is 0 Å². The molecule has 1 aliphatic carbocycles. The van der Waals surface area contributed by atoms with Crippen LogP contribution in [0.1, 0.15) is 44.6 Å². The van der Waals surface area contributed by atoms with Crippen LogP contribution < -0.4 is 15.8 Å². The Balaban J connectivity index is 1.24. The zero-order valence-corrected chi connectivity index (χ0v) is 22.9. The molecule has 5 rings (SSSR count). The second-order valence-electron chi connectivity index (χ2n) is 10.4. The van der Waals surface area contributed by atoms with E-state index >= 15 is 0 Å². The monoisotopic (exact) mass is 568 g/mol. The van der Waals surface area contributed by atoms with Gasteiger partial charge in [-0.3, -0.25) is 4.79 Å². The molecule has 2 atom stereocenters. The SMILES string of the molecule is O=c1c(Cl)c(NC[C@@]2(F)CCCOC2)cnn1[C@H]1CC[C@H](N(C[C@@H]2COCCO2)c2ccc(Cl)cc2)CC1. The third-order valence-corrected chi connectivity index (χ3v) is 8.33. The minimum atomic E-state index is -1.47. The lowest BCUT2D eigenvalue weighted by Crippen LogP contribution is -2.46. The van der Waals surface area contributed by atoms with Gasteiger partial charge in [0.25, 0.3) is 5.56 Å². The van der Waals surface area contributed by atoms with Crippen molar-refractivity contribution in [2.45, 2.75) is 62.4 Å². The number of halogens is 3. The van der Waals surface area contributed by atoms with Gasteiger partial charge < -0.3 is 24.4 Å². The normalized spacial score (nSPS) is 28.1. The quantitative estimate of drug-likeness (QED) is 0.486. The van der Waals surface area contributed by atoms with E-state index in [0.717, 1.165) is 37.9 Å². The summed E-state index contributed by atoms with van der Waals surface area (Å²) in [7, 11) is 0. The largest absolute Gasteiger partial charge is 0.379 e. The van der Waals surface area contributed by atoms with Crippen LogP contribution >= 0.6 is 23.2 Å². The summed E-state index contributed by atoms with van der Waals surface area (Å²) in [6, 6.07) is 8.11. The highest BCUT2D eigenvalue weighted by atomic mass is 35.5. The number of alkyl halides is 1. The van der Waals surface area contributed by atoms with E-state index in [1.807, 2.05) is 24.3 Å². The minimum Gasteiger partial charge on any atom is -0.379 e. The third kappa shape index (κ3) is 6.62. The first-order chi connectivity index (χ1) is 18.4. The Hall–Kier alpha value is -1.91. The van der Waals surface area contributed by atoms with Gasteiger partial charge in [-0.05, 0) is 62.8 Å². The summed E-state index contributed by atoms with van der Waals surface area (Å²) in [5.74, 6) is 0. The Bertz CT molecular complexity index is 1120. The van der Waals surface area contributed by atoms with E-state index < -0.39 is 5.67 Å². The Morgan fingerprint density at radius 3 is 2.58 bits per heavy atom. The van der Waals surface area contributed by atoms with Crippen molar-refractivity contribution >= 4 is 34.6 Å². The van der Waals surface area contributed by atoms with Crippen LogP contribution in [0, 0.1) is 0 Å². The molecule has 0 radical (unpaired) electrons. The van der Waals surface area contributed by atoms with Gasteiger partial charge in [-0.15, -0.1) is 0 Å². The molecule has 1 N–H and O–H groups in total. The second-order valence-corrected chi connectivity index (χ2v) is 11.3. The maximum atomic E-state index is 14.9. The van der Waals surface area contributed by atoms with E-state index in [0.29, 0.717) is 50.0 Å². The van der Waals surface area contributed by atoms with Crippen LogP contribution in [0.3, 0.4) is 0 Å². The molecule has 8 nitrogen and oxygen atoms in total. The van der Waals surface area contributed by atoms with Gasteiger partial charge in [-0.2, -0.15) is 5.10 Å². The first kappa shape index (κ1) is 27.6. The Labute approximate surface area is 232 Å². The van der Waals surface area contributed by atoms with Crippen molar-refractivity contribution in [1.29, 1.82) is 0 Å². The highest BCUT2D eigenvalue weighted by molar-refractivity contribution is 6.33. The number of aromatic nitrogens is 2. The average Bonchev–Trinajstić information content (AvgIpc) is 2.94. The van der Waals surface area contributed by atoms with Crippen molar-refractivity contribution in [3.8, 4) is 0 Å². The van der Waals surface area contributed by atoms with Crippen molar-refractivity contribution in [3.05, 3.63) is 50.9 Å². The summed E-state index contributed by atoms with van der Waals surface area (Å²) in [5, 5.41) is 8.13. The molecular weight excluding hydrogens is 534 g/mol. The van der Waals surface area contributed by atoms with Gasteiger partial charge in [0.2, 0.25) is 0 Å². The van der Waals surface area contributed by atoms with E-state index in [1.165, 1.54) is 10.9 Å². The lowest BCUT2D eigenvalue weighted by Gasteiger charge is -2.40. The van der Waals surface area contributed by atoms with Gasteiger partial charge in [0.05, 0.1) is 57.0 Å². The van der Waals surface area contributed by atoms with Crippen molar-refractivity contribution in [2.75, 3.05) is 56.3 Å². The summed E-state index contributed by atoms with van der Waals surface area (Å²) in [6.45, 7) is 3.18. The Morgan fingerprint density at radius 1 is 1.11 bits per heavy atom. The standard InChI is InChI=1S/C27H35Cl2FN4O4/c28-19-2-4-20(5-3-19)33(15-23-16-36-12-13-38-23)21-6-8-22(9-7-21)34-26(35)25(29)24(14-32-34)31-17-27(30)10-1-11-37-18-27/h2-5,14,21-23,31H,1,6-13,15-18H2/t21-,22-,23-,27+/m1/s1. The average molecular weight is 570 g/mol. The molecular formula is C27H35Cl2FN4O4. The van der Waals surface area contributed by atoms with Gasteiger partial charge in [-0.1, -0.05) is 23.2 Å². The molecule has 0 spiro atoms. The molecule has 2 aromatic rings. The maximum Gasteiger partial charge on any atom is 0.287 e. The van der Waals surface area contributed by atoms with E-state index in [-0.39, 0.29) is 41.9 Å². The number of hydrogen-bond acceptors (Lipinski definition) is 7. The van der Waals surface area contributed by atoms with Crippen LogP contribution in [-0.2, 0) is 14.2 Å². The van der Waals surface area contributed by atoms with Gasteiger partial charge >= 0.3 is 0 Å². The van der Waals surface area contributed by atoms with Crippen LogP contribution in [0.15, 0.2) is 35.3 Å². The second kappa shape index (κ2) is 12.5. The highest BCUT2D eigenvalue weighted by Gasteiger charge is 2.34. The Morgan fingerprint density at radius 2 is 1.89 bits per heavy atom. The zero-order valence-electron chi connectivity index (χ0n) is 21.4. The van der Waals surface area contributed by atoms with Crippen LogP contribution in [0.5, 0.6) is 0 Å². The molecule has 1 aromatic heterocycles. The Kier molecular flexibility index (Phi) is 9.10. The summed E-state index contributed by atoms with van der Waals surface area (Å²) >= 11 is 12.6. The van der Waals surface area contributed by atoms with Gasteiger partial charge in [0, 0.05) is 29.9 Å². The molecule has 3 aliphatic rings. The molecule has 0 unspecified atom stereocenters. The summed E-state index contributed by atoms with van der Waals surface area (Å²) < 4.78 is 33.2. The topological polar surface area (TPSA) is 77.9 Å². The number of nitrogens with zero attached hydrogens (tertiary/aromatic N) is 3. The van der Waals surface area contributed by atoms with Crippen molar-refractivity contribution < 1.29 is 18.6 Å². The summed E-state index contributed by atoms with van der Waals surface area (Å²) in [5.41, 5.74) is -0.377. The van der Waals surface area contributed by atoms with Crippen molar-refractivity contribution in [3.63, 3.8) is 0 Å². The predicted octanol–water partition coefficient (Wildman–Crippen LogP) is 4.89. The molecule has 0 bridgehead atoms. The molecule has 3 heterocycles. The fourth-order valence-electron chi connectivity index (χ4n) is 5.61. The summed E-state index contributed by atoms with van der Waals surface area (Å²) in [6.07, 6.45) is 5.97. The third-order valence-electron chi connectivity index (χ3n) is 7.71. The molecule has 3 fully saturated rings. The van der Waals surface area contributed by atoms with Crippen LogP contribution in [0.4, 0.5) is 15.8 Å². The molecule has 38 heavy (non-hydrogen) atoms. The molecule has 2 aliphatic heterocycles. The number of rotatable bonds is 8. The zero-order chi connectivity index (χ0) is 26.5. The van der Waals surface area contributed by atoms with Crippen molar-refractivity contribution in [1.82, 2.24) is 9.78 Å². The number of hydrogen-bond donors (Lipinski definition) is 1. The minimum absolute atomic E-state index is 0.00363. The molecule has 2 saturated heterocycles. The fraction of sp³-hybridized carbons (Fsp3) is 0.630. The lowest BCUT2D eigenvalue weighted by molar-refractivity contribution is -0.0847. The smallest absolute Gasteiger partial charge is 0.287 e. The highest BCUT2D eigenvalue weighted by Crippen LogP contribution is 2.34. The fourth-order valence-corrected chi connectivity index (χ4v) is 5.94. The molecule has 208 valence electrons. The van der Waals surface area contributed by atoms with Gasteiger partial charge in [0.1, 0.15) is 5.02 Å². The summed E-state index contributed by atoms with van der Waals surface area (Å²) in [4.78, 5) is 15.5. The number of nitrogens with one attached hydrogen (secondary N) is 1. The van der Waals surface area contributed by atoms with Crippen LogP contribution in [0.2, 0.25) is 10.0 Å². The van der Waals surface area contributed by atoms with E-state index in [1.54, 1.807) is 0 Å². The number of anilines is 2. The van der Waals surface area contributed by atoms with Gasteiger partial charge in [0.15, 0.2) is 5.67 Å². The van der Waals surface area contributed by atoms with E-state index in [9.17, 15) is 9.18 Å². The van der Waals surface area contributed by atoms with E-state index in [2.05, 4.69) is 15.3 Å². The lowest BCUT2D eigenvalue weighted by atomic mass is 9.89. The maximum absolute atomic E-state index is 14.9. The molecule has 0 amide bonds. The molecule has 11 heteroatoms. The van der Waals surface area contributed by atoms with E-state index in [4.69, 9.17) is 37.4 Å². The number of benzene rings is 1. The first-order valence-corrected chi connectivity index (χ1v) is 14.2. The first-order valence-electron chi connectivity index (χ1n) is 13.4. The van der Waals surface area contributed by atoms with Crippen molar-refractivity contribution in [2.24, 2.45) is 0 Å². The number of ether oxygens (including phenoxy) is 3. The van der Waals surface area contributed by atoms with Gasteiger partial charge in [-0.25, -0.2) is 9.07 Å². The molecule has 1 saturated carbocycles. The predicted molar refractivity (Wildman–Crippen MR) is 147 cm³/mol. The molecule has 1 aromatic carbocycles.